The summed E-state index contributed by atoms with van der Waals surface area (Å²) in [7, 11) is -3.56. The average Bonchev–Trinajstić information content (AvgIpc) is 3.49. The number of benzene rings is 4. The van der Waals surface area contributed by atoms with Gasteiger partial charge >= 0.3 is 0 Å². The molecule has 198 valence electrons. The zero-order chi connectivity index (χ0) is 28.0. The van der Waals surface area contributed by atoms with Gasteiger partial charge in [0.2, 0.25) is 0 Å². The lowest BCUT2D eigenvalue weighted by molar-refractivity contribution is 0.251. The summed E-state index contributed by atoms with van der Waals surface area (Å²) < 4.78 is 16.0. The summed E-state index contributed by atoms with van der Waals surface area (Å²) in [5, 5.41) is 14.4. The quantitative estimate of drug-likeness (QED) is 0.191. The maximum atomic E-state index is 16.0. The first-order valence-corrected chi connectivity index (χ1v) is 15.3. The molecule has 0 aromatic heterocycles. The van der Waals surface area contributed by atoms with Crippen molar-refractivity contribution in [3.63, 3.8) is 0 Å². The highest BCUT2D eigenvalue weighted by Gasteiger charge is 2.41. The molecule has 4 aromatic carbocycles. The Hall–Kier alpha value is -4.15. The summed E-state index contributed by atoms with van der Waals surface area (Å²) >= 11 is 0. The monoisotopic (exact) mass is 540 g/mol. The van der Waals surface area contributed by atoms with Gasteiger partial charge in [-0.25, -0.2) is 0 Å². The first-order chi connectivity index (χ1) is 19.5. The van der Waals surface area contributed by atoms with Gasteiger partial charge in [-0.05, 0) is 54.0 Å². The predicted octanol–water partition coefficient (Wildman–Crippen LogP) is 7.88. The van der Waals surface area contributed by atoms with Crippen LogP contribution in [0.1, 0.15) is 37.3 Å². The van der Waals surface area contributed by atoms with E-state index < -0.39 is 13.2 Å². The summed E-state index contributed by atoms with van der Waals surface area (Å²) in [6, 6.07) is 39.2. The Kier molecular flexibility index (Phi) is 8.47. The van der Waals surface area contributed by atoms with Gasteiger partial charge < -0.3 is 9.67 Å². The van der Waals surface area contributed by atoms with Gasteiger partial charge in [0.25, 0.3) is 0 Å². The maximum absolute atomic E-state index is 16.0. The van der Waals surface area contributed by atoms with Crippen LogP contribution in [-0.2, 0) is 4.57 Å². The molecule has 5 rings (SSSR count). The molecule has 1 aliphatic rings. The fourth-order valence-electron chi connectivity index (χ4n) is 5.40. The highest BCUT2D eigenvalue weighted by Crippen LogP contribution is 2.58. The van der Waals surface area contributed by atoms with Crippen LogP contribution in [0.5, 0.6) is 0 Å². The third kappa shape index (κ3) is 5.59. The molecule has 0 saturated heterocycles. The summed E-state index contributed by atoms with van der Waals surface area (Å²) in [5.74, 6) is 6.38. The Labute approximate surface area is 237 Å². The molecule has 0 fully saturated rings. The zero-order valence-corrected chi connectivity index (χ0v) is 23.6. The second kappa shape index (κ2) is 12.4. The Balaban J connectivity index is 1.93. The Morgan fingerprint density at radius 3 is 1.65 bits per heavy atom. The summed E-state index contributed by atoms with van der Waals surface area (Å²) in [6.07, 6.45) is 1.30. The minimum absolute atomic E-state index is 0.522. The Bertz CT molecular complexity index is 1570. The Morgan fingerprint density at radius 2 is 1.20 bits per heavy atom. The van der Waals surface area contributed by atoms with Crippen molar-refractivity contribution < 1.29 is 9.67 Å². The first-order valence-electron chi connectivity index (χ1n) is 13.6. The van der Waals surface area contributed by atoms with Gasteiger partial charge in [-0.2, -0.15) is 0 Å². The van der Waals surface area contributed by atoms with Gasteiger partial charge in [0.1, 0.15) is 6.10 Å². The molecule has 1 N–H and O–H groups in total. The molecule has 1 unspecified atom stereocenters. The fraction of sp³-hybridized carbons (Fsp3) is 0.135. The molecule has 0 saturated carbocycles. The van der Waals surface area contributed by atoms with Crippen LogP contribution in [0.15, 0.2) is 150 Å². The van der Waals surface area contributed by atoms with E-state index in [0.29, 0.717) is 22.3 Å². The molecule has 0 heterocycles. The van der Waals surface area contributed by atoms with Crippen LogP contribution in [0, 0.1) is 11.8 Å². The molecule has 2 nitrogen and oxygen atoms in total. The normalized spacial score (nSPS) is 13.8. The third-order valence-electron chi connectivity index (χ3n) is 7.24. The van der Waals surface area contributed by atoms with Crippen molar-refractivity contribution in [3.05, 3.63) is 161 Å². The van der Waals surface area contributed by atoms with Crippen molar-refractivity contribution in [1.29, 1.82) is 0 Å². The number of aliphatic hydroxyl groups is 1. The van der Waals surface area contributed by atoms with Crippen LogP contribution in [0.3, 0.4) is 0 Å². The van der Waals surface area contributed by atoms with Crippen LogP contribution in [0.4, 0.5) is 0 Å². The molecule has 0 bridgehead atoms. The van der Waals surface area contributed by atoms with Gasteiger partial charge in [0.05, 0.1) is 0 Å². The molecule has 4 aromatic rings. The molecule has 0 radical (unpaired) electrons. The van der Waals surface area contributed by atoms with Crippen molar-refractivity contribution in [1.82, 2.24) is 0 Å². The highest BCUT2D eigenvalue weighted by atomic mass is 31.2. The Morgan fingerprint density at radius 1 is 0.750 bits per heavy atom. The van der Waals surface area contributed by atoms with E-state index in [1.807, 2.05) is 128 Å². The smallest absolute Gasteiger partial charge is 0.170 e. The number of hydrogen-bond acceptors (Lipinski definition) is 2. The van der Waals surface area contributed by atoms with E-state index in [-0.39, 0.29) is 0 Å². The second-order valence-electron chi connectivity index (χ2n) is 10.1. The van der Waals surface area contributed by atoms with E-state index >= 15 is 4.57 Å². The summed E-state index contributed by atoms with van der Waals surface area (Å²) in [5.41, 5.74) is 5.14. The molecule has 0 spiro atoms. The van der Waals surface area contributed by atoms with Crippen molar-refractivity contribution in [2.45, 2.75) is 32.3 Å². The van der Waals surface area contributed by atoms with Crippen LogP contribution in [0.2, 0.25) is 0 Å². The van der Waals surface area contributed by atoms with Gasteiger partial charge in [0.15, 0.2) is 7.14 Å². The van der Waals surface area contributed by atoms with Crippen molar-refractivity contribution in [2.75, 3.05) is 0 Å². The average molecular weight is 541 g/mol. The number of aliphatic hydroxyl groups excluding tert-OH is 1. The zero-order valence-electron chi connectivity index (χ0n) is 22.8. The van der Waals surface area contributed by atoms with Crippen LogP contribution < -0.4 is 10.6 Å². The van der Waals surface area contributed by atoms with E-state index in [0.717, 1.165) is 46.3 Å². The summed E-state index contributed by atoms with van der Waals surface area (Å²) in [6.45, 7) is 5.82. The van der Waals surface area contributed by atoms with Gasteiger partial charge in [-0.15, -0.1) is 0 Å². The van der Waals surface area contributed by atoms with E-state index in [9.17, 15) is 5.11 Å². The number of allylic oxidation sites excluding steroid dienone is 2. The number of rotatable bonds is 7. The number of hydrogen-bond donors (Lipinski definition) is 1. The van der Waals surface area contributed by atoms with Crippen molar-refractivity contribution in [3.8, 4) is 11.8 Å². The van der Waals surface area contributed by atoms with Crippen LogP contribution >= 0.6 is 7.14 Å². The second-order valence-corrected chi connectivity index (χ2v) is 12.8. The molecular formula is C37H33O2P. The molecule has 40 heavy (non-hydrogen) atoms. The summed E-state index contributed by atoms with van der Waals surface area (Å²) in [4.78, 5) is 0. The van der Waals surface area contributed by atoms with Gasteiger partial charge in [0, 0.05) is 21.5 Å². The highest BCUT2D eigenvalue weighted by molar-refractivity contribution is 7.82. The molecule has 1 atom stereocenters. The minimum Gasteiger partial charge on any atom is -0.384 e. The van der Waals surface area contributed by atoms with Gasteiger partial charge in [-0.3, -0.25) is 0 Å². The van der Waals surface area contributed by atoms with Crippen LogP contribution in [0.25, 0.3) is 5.57 Å². The first kappa shape index (κ1) is 27.4. The SMILES string of the molecule is C=C(C)C#CC1=C(C(O)C(=C(c2ccccc2)c2ccccc2)P(=O)(c2ccccc2)c2ccccc2)CCC1. The topological polar surface area (TPSA) is 37.3 Å². The lowest BCUT2D eigenvalue weighted by Crippen LogP contribution is -2.26. The standard InChI is InChI=1S/C37H33O2P/c1-28(2)26-27-29-20-15-25-34(29)36(38)37(35(30-16-7-3-8-17-30)31-18-9-4-10-19-31)40(39,32-21-11-5-12-22-32)33-23-13-6-14-24-33/h3-14,16-19,21-24,36,38H,1,15,20,25H2,2H3. The fourth-order valence-corrected chi connectivity index (χ4v) is 8.51. The predicted molar refractivity (Wildman–Crippen MR) is 168 cm³/mol. The van der Waals surface area contributed by atoms with E-state index in [2.05, 4.69) is 18.4 Å². The van der Waals surface area contributed by atoms with Gasteiger partial charge in [-0.1, -0.05) is 140 Å². The van der Waals surface area contributed by atoms with Crippen LogP contribution in [-0.4, -0.2) is 11.2 Å². The van der Waals surface area contributed by atoms with E-state index in [1.165, 1.54) is 0 Å². The molecular weight excluding hydrogens is 507 g/mol. The van der Waals surface area contributed by atoms with Crippen molar-refractivity contribution in [2.24, 2.45) is 0 Å². The maximum Gasteiger partial charge on any atom is 0.170 e. The molecule has 3 heteroatoms. The molecule has 1 aliphatic carbocycles. The minimum atomic E-state index is -3.56. The molecule has 0 aliphatic heterocycles. The largest absolute Gasteiger partial charge is 0.384 e. The van der Waals surface area contributed by atoms with E-state index in [4.69, 9.17) is 0 Å². The van der Waals surface area contributed by atoms with Crippen molar-refractivity contribution >= 4 is 23.3 Å². The third-order valence-corrected chi connectivity index (χ3v) is 10.4. The molecule has 0 amide bonds. The lowest BCUT2D eigenvalue weighted by Gasteiger charge is -2.30. The van der Waals surface area contributed by atoms with E-state index in [1.54, 1.807) is 0 Å². The lowest BCUT2D eigenvalue weighted by atomic mass is 9.93.